The minimum absolute atomic E-state index is 0.0579. The van der Waals surface area contributed by atoms with Crippen LogP contribution in [0.5, 0.6) is 0 Å². The maximum Gasteiger partial charge on any atom is 0.457 e. The van der Waals surface area contributed by atoms with Crippen LogP contribution in [0, 0.1) is 0 Å². The molecule has 1 fully saturated rings. The number of ether oxygens (including phenoxy) is 1. The van der Waals surface area contributed by atoms with E-state index >= 15 is 0 Å². The summed E-state index contributed by atoms with van der Waals surface area (Å²) in [5.74, 6) is 0. The third-order valence-electron chi connectivity index (χ3n) is 5.55. The second-order valence-corrected chi connectivity index (χ2v) is 8.39. The Morgan fingerprint density at radius 2 is 1.66 bits per heavy atom. The highest BCUT2D eigenvalue weighted by Gasteiger charge is 2.50. The number of nitrogens with one attached hydrogen (secondary N) is 1. The van der Waals surface area contributed by atoms with Gasteiger partial charge >= 0.3 is 13.2 Å². The summed E-state index contributed by atoms with van der Waals surface area (Å²) < 4.78 is 17.0. The molecule has 2 rings (SSSR count). The van der Waals surface area contributed by atoms with E-state index in [2.05, 4.69) is 5.32 Å². The molecule has 1 N–H and O–H groups in total. The van der Waals surface area contributed by atoms with Gasteiger partial charge in [-0.2, -0.15) is 0 Å². The van der Waals surface area contributed by atoms with Crippen molar-refractivity contribution in [1.82, 2.24) is 5.32 Å². The van der Waals surface area contributed by atoms with E-state index in [0.717, 1.165) is 5.56 Å². The first-order valence-electron chi connectivity index (χ1n) is 9.90. The molecule has 0 unspecified atom stereocenters. The molecule has 8 heteroatoms. The van der Waals surface area contributed by atoms with Crippen LogP contribution >= 0.6 is 0 Å². The SMILES string of the molecule is CC1(C)OB(CCCCC(C=O)(C=O)NC(=O)OCc2ccccc2)OC1(C)C. The lowest BCUT2D eigenvalue weighted by Gasteiger charge is -2.32. The average molecular weight is 403 g/mol. The average Bonchev–Trinajstić information content (AvgIpc) is 2.90. The predicted molar refractivity (Wildman–Crippen MR) is 109 cm³/mol. The summed E-state index contributed by atoms with van der Waals surface area (Å²) in [6, 6.07) is 9.15. The molecule has 0 aromatic heterocycles. The van der Waals surface area contributed by atoms with E-state index < -0.39 is 22.8 Å². The number of carbonyl (C=O) groups is 3. The Morgan fingerprint density at radius 3 is 2.21 bits per heavy atom. The first kappa shape index (κ1) is 23.1. The molecular formula is C21H30BNO6. The number of hydrogen-bond donors (Lipinski definition) is 1. The summed E-state index contributed by atoms with van der Waals surface area (Å²) in [5.41, 5.74) is -1.56. The molecule has 0 radical (unpaired) electrons. The molecular weight excluding hydrogens is 373 g/mol. The molecule has 1 heterocycles. The Hall–Kier alpha value is -2.19. The molecule has 29 heavy (non-hydrogen) atoms. The van der Waals surface area contributed by atoms with Gasteiger partial charge in [0.2, 0.25) is 0 Å². The van der Waals surface area contributed by atoms with E-state index in [1.54, 1.807) is 0 Å². The topological polar surface area (TPSA) is 90.9 Å². The van der Waals surface area contributed by atoms with Crippen LogP contribution in [0.3, 0.4) is 0 Å². The fourth-order valence-corrected chi connectivity index (χ4v) is 3.03. The van der Waals surface area contributed by atoms with Crippen LogP contribution in [0.15, 0.2) is 30.3 Å². The molecule has 7 nitrogen and oxygen atoms in total. The number of unbranched alkanes of at least 4 members (excludes halogenated alkanes) is 1. The van der Waals surface area contributed by atoms with Gasteiger partial charge in [-0.1, -0.05) is 43.2 Å². The fraction of sp³-hybridized carbons (Fsp3) is 0.571. The quantitative estimate of drug-likeness (QED) is 0.279. The zero-order valence-electron chi connectivity index (χ0n) is 17.6. The Balaban J connectivity index is 1.78. The van der Waals surface area contributed by atoms with Crippen molar-refractivity contribution in [1.29, 1.82) is 0 Å². The van der Waals surface area contributed by atoms with Crippen molar-refractivity contribution in [3.63, 3.8) is 0 Å². The summed E-state index contributed by atoms with van der Waals surface area (Å²) in [4.78, 5) is 35.1. The number of aldehydes is 2. The number of amides is 1. The summed E-state index contributed by atoms with van der Waals surface area (Å²) in [7, 11) is -0.328. The van der Waals surface area contributed by atoms with E-state index in [4.69, 9.17) is 14.0 Å². The standard InChI is InChI=1S/C21H30BNO6/c1-19(2)20(3,4)29-22(28-19)13-9-8-12-21(15-24,16-25)23-18(26)27-14-17-10-6-5-7-11-17/h5-7,10-11,15-16H,8-9,12-14H2,1-4H3,(H,23,26). The highest BCUT2D eigenvalue weighted by molar-refractivity contribution is 6.45. The minimum atomic E-state index is -1.59. The van der Waals surface area contributed by atoms with Crippen molar-refractivity contribution < 1.29 is 28.4 Å². The van der Waals surface area contributed by atoms with E-state index in [0.29, 0.717) is 31.7 Å². The van der Waals surface area contributed by atoms with Crippen molar-refractivity contribution in [2.75, 3.05) is 0 Å². The third-order valence-corrected chi connectivity index (χ3v) is 5.55. The van der Waals surface area contributed by atoms with Crippen molar-refractivity contribution in [2.24, 2.45) is 0 Å². The first-order valence-corrected chi connectivity index (χ1v) is 9.90. The van der Waals surface area contributed by atoms with Crippen molar-refractivity contribution in [3.8, 4) is 0 Å². The predicted octanol–water partition coefficient (Wildman–Crippen LogP) is 3.31. The van der Waals surface area contributed by atoms with Gasteiger partial charge in [-0.05, 0) is 46.0 Å². The third kappa shape index (κ3) is 6.14. The molecule has 1 aromatic rings. The lowest BCUT2D eigenvalue weighted by Crippen LogP contribution is -2.51. The van der Waals surface area contributed by atoms with Crippen molar-refractivity contribution >= 4 is 25.8 Å². The summed E-state index contributed by atoms with van der Waals surface area (Å²) in [5, 5.41) is 2.39. The second kappa shape index (κ2) is 9.54. The van der Waals surface area contributed by atoms with Gasteiger partial charge in [0.1, 0.15) is 6.61 Å². The number of rotatable bonds is 10. The highest BCUT2D eigenvalue weighted by Crippen LogP contribution is 2.38. The van der Waals surface area contributed by atoms with Crippen LogP contribution in [0.4, 0.5) is 4.79 Å². The van der Waals surface area contributed by atoms with Crippen LogP contribution in [-0.4, -0.2) is 42.5 Å². The van der Waals surface area contributed by atoms with Gasteiger partial charge in [0.05, 0.1) is 11.2 Å². The van der Waals surface area contributed by atoms with Gasteiger partial charge in [-0.3, -0.25) is 0 Å². The lowest BCUT2D eigenvalue weighted by molar-refractivity contribution is -0.122. The first-order chi connectivity index (χ1) is 13.6. The molecule has 0 saturated carbocycles. The zero-order chi connectivity index (χ0) is 21.5. The minimum Gasteiger partial charge on any atom is -0.445 e. The van der Waals surface area contributed by atoms with Crippen LogP contribution in [0.25, 0.3) is 0 Å². The number of carbonyl (C=O) groups excluding carboxylic acids is 3. The smallest absolute Gasteiger partial charge is 0.445 e. The molecule has 0 spiro atoms. The van der Waals surface area contributed by atoms with Crippen molar-refractivity contribution in [3.05, 3.63) is 35.9 Å². The van der Waals surface area contributed by atoms with E-state index in [-0.39, 0.29) is 20.1 Å². The lowest BCUT2D eigenvalue weighted by atomic mass is 9.81. The fourth-order valence-electron chi connectivity index (χ4n) is 3.03. The van der Waals surface area contributed by atoms with Gasteiger partial charge in [-0.15, -0.1) is 0 Å². The van der Waals surface area contributed by atoms with E-state index in [1.807, 2.05) is 58.0 Å². The Kier molecular flexibility index (Phi) is 7.60. The van der Waals surface area contributed by atoms with Gasteiger partial charge in [0.15, 0.2) is 18.1 Å². The Morgan fingerprint density at radius 1 is 1.07 bits per heavy atom. The van der Waals surface area contributed by atoms with Crippen LogP contribution in [0.1, 0.15) is 52.5 Å². The Labute approximate surface area is 172 Å². The summed E-state index contributed by atoms with van der Waals surface area (Å²) >= 11 is 0. The number of hydrogen-bond acceptors (Lipinski definition) is 6. The summed E-state index contributed by atoms with van der Waals surface area (Å²) in [6.45, 7) is 8.01. The van der Waals surface area contributed by atoms with Gasteiger partial charge in [0, 0.05) is 0 Å². The molecule has 0 aliphatic carbocycles. The molecule has 1 aromatic carbocycles. The molecule has 1 aliphatic heterocycles. The number of alkyl carbamates (subject to hydrolysis) is 1. The molecule has 1 amide bonds. The normalized spacial score (nSPS) is 17.6. The molecule has 0 atom stereocenters. The molecule has 1 saturated heterocycles. The largest absolute Gasteiger partial charge is 0.457 e. The van der Waals surface area contributed by atoms with Gasteiger partial charge in [-0.25, -0.2) is 4.79 Å². The maximum absolute atomic E-state index is 12.0. The monoisotopic (exact) mass is 403 g/mol. The molecule has 0 bridgehead atoms. The maximum atomic E-state index is 12.0. The zero-order valence-corrected chi connectivity index (χ0v) is 17.6. The van der Waals surface area contributed by atoms with Crippen LogP contribution in [-0.2, 0) is 30.2 Å². The highest BCUT2D eigenvalue weighted by atomic mass is 16.7. The van der Waals surface area contributed by atoms with E-state index in [9.17, 15) is 14.4 Å². The van der Waals surface area contributed by atoms with E-state index in [1.165, 1.54) is 0 Å². The van der Waals surface area contributed by atoms with Gasteiger partial charge in [0.25, 0.3) is 0 Å². The van der Waals surface area contributed by atoms with Crippen molar-refractivity contribution in [2.45, 2.75) is 76.6 Å². The second-order valence-electron chi connectivity index (χ2n) is 8.39. The molecule has 158 valence electrons. The number of benzene rings is 1. The van der Waals surface area contributed by atoms with Gasteiger partial charge < -0.3 is 29.0 Å². The summed E-state index contributed by atoms with van der Waals surface area (Å²) in [6.07, 6.45) is 2.15. The van der Waals surface area contributed by atoms with Crippen LogP contribution in [0.2, 0.25) is 6.32 Å². The molecule has 1 aliphatic rings. The van der Waals surface area contributed by atoms with Crippen LogP contribution < -0.4 is 5.32 Å². The Bertz CT molecular complexity index is 682.